The quantitative estimate of drug-likeness (QED) is 0.894. The molecule has 1 fully saturated rings. The fraction of sp³-hybridized carbons (Fsp3) is 0.500. The first-order valence-corrected chi connectivity index (χ1v) is 6.30. The first kappa shape index (κ1) is 13.0. The summed E-state index contributed by atoms with van der Waals surface area (Å²) >= 11 is 0. The van der Waals surface area contributed by atoms with Crippen LogP contribution in [0, 0.1) is 12.7 Å². The van der Waals surface area contributed by atoms with Crippen molar-refractivity contribution in [2.45, 2.75) is 32.2 Å². The standard InChI is InChI=1S/C14H18FNO2/c1-10-4-5-12(15)11(8-10)13(9-14(17)18)16-6-2-3-7-16/h4-5,8,13H,2-3,6-7,9H2,1H3,(H,17,18). The van der Waals surface area contributed by atoms with Crippen LogP contribution in [0.2, 0.25) is 0 Å². The van der Waals surface area contributed by atoms with Crippen molar-refractivity contribution < 1.29 is 14.3 Å². The average molecular weight is 251 g/mol. The molecule has 1 aliphatic heterocycles. The van der Waals surface area contributed by atoms with Gasteiger partial charge in [0.05, 0.1) is 6.42 Å². The van der Waals surface area contributed by atoms with Crippen molar-refractivity contribution in [3.05, 3.63) is 35.1 Å². The summed E-state index contributed by atoms with van der Waals surface area (Å²) in [6.45, 7) is 3.60. The lowest BCUT2D eigenvalue weighted by atomic mass is 9.99. The van der Waals surface area contributed by atoms with E-state index < -0.39 is 5.97 Å². The predicted octanol–water partition coefficient (Wildman–Crippen LogP) is 2.75. The second-order valence-corrected chi connectivity index (χ2v) is 4.88. The Labute approximate surface area is 106 Å². The van der Waals surface area contributed by atoms with Crippen LogP contribution in [0.4, 0.5) is 4.39 Å². The smallest absolute Gasteiger partial charge is 0.305 e. The Morgan fingerprint density at radius 3 is 2.72 bits per heavy atom. The lowest BCUT2D eigenvalue weighted by Crippen LogP contribution is -2.28. The maximum Gasteiger partial charge on any atom is 0.305 e. The molecule has 1 aromatic rings. The van der Waals surface area contributed by atoms with Gasteiger partial charge in [0, 0.05) is 11.6 Å². The second kappa shape index (κ2) is 5.48. The summed E-state index contributed by atoms with van der Waals surface area (Å²) in [5.41, 5.74) is 1.47. The number of carboxylic acid groups (broad SMARTS) is 1. The molecule has 0 saturated carbocycles. The van der Waals surface area contributed by atoms with Crippen molar-refractivity contribution in [2.75, 3.05) is 13.1 Å². The zero-order valence-corrected chi connectivity index (χ0v) is 10.5. The lowest BCUT2D eigenvalue weighted by molar-refractivity contribution is -0.138. The summed E-state index contributed by atoms with van der Waals surface area (Å²) in [7, 11) is 0. The van der Waals surface area contributed by atoms with Crippen LogP contribution in [0.5, 0.6) is 0 Å². The van der Waals surface area contributed by atoms with E-state index in [-0.39, 0.29) is 18.3 Å². The third kappa shape index (κ3) is 2.88. The van der Waals surface area contributed by atoms with Gasteiger partial charge in [0.2, 0.25) is 0 Å². The molecule has 1 aromatic carbocycles. The van der Waals surface area contributed by atoms with E-state index in [0.29, 0.717) is 5.56 Å². The first-order valence-electron chi connectivity index (χ1n) is 6.30. The van der Waals surface area contributed by atoms with Gasteiger partial charge in [-0.1, -0.05) is 17.7 Å². The van der Waals surface area contributed by atoms with Gasteiger partial charge in [0.25, 0.3) is 0 Å². The molecule has 18 heavy (non-hydrogen) atoms. The third-order valence-electron chi connectivity index (χ3n) is 3.46. The van der Waals surface area contributed by atoms with Crippen molar-refractivity contribution in [1.29, 1.82) is 0 Å². The van der Waals surface area contributed by atoms with Crippen molar-refractivity contribution in [2.24, 2.45) is 0 Å². The molecule has 2 rings (SSSR count). The Morgan fingerprint density at radius 2 is 2.11 bits per heavy atom. The van der Waals surface area contributed by atoms with Gasteiger partial charge in [0.15, 0.2) is 0 Å². The number of carbonyl (C=O) groups is 1. The van der Waals surface area contributed by atoms with Crippen molar-refractivity contribution in [1.82, 2.24) is 4.90 Å². The number of benzene rings is 1. The summed E-state index contributed by atoms with van der Waals surface area (Å²) in [5, 5.41) is 9.02. The highest BCUT2D eigenvalue weighted by Gasteiger charge is 2.27. The van der Waals surface area contributed by atoms with Gasteiger partial charge in [-0.25, -0.2) is 4.39 Å². The predicted molar refractivity (Wildman–Crippen MR) is 66.9 cm³/mol. The summed E-state index contributed by atoms with van der Waals surface area (Å²) in [6.07, 6.45) is 2.08. The van der Waals surface area contributed by atoms with Crippen LogP contribution < -0.4 is 0 Å². The van der Waals surface area contributed by atoms with Gasteiger partial charge in [0.1, 0.15) is 5.82 Å². The van der Waals surface area contributed by atoms with E-state index in [1.54, 1.807) is 12.1 Å². The van der Waals surface area contributed by atoms with E-state index in [1.165, 1.54) is 6.07 Å². The van der Waals surface area contributed by atoms with Crippen molar-refractivity contribution in [3.8, 4) is 0 Å². The highest BCUT2D eigenvalue weighted by Crippen LogP contribution is 2.30. The second-order valence-electron chi connectivity index (χ2n) is 4.88. The van der Waals surface area contributed by atoms with Gasteiger partial charge in [-0.3, -0.25) is 9.69 Å². The number of carboxylic acids is 1. The maximum absolute atomic E-state index is 13.9. The summed E-state index contributed by atoms with van der Waals surface area (Å²) in [6, 6.07) is 4.56. The number of halogens is 1. The Balaban J connectivity index is 2.31. The largest absolute Gasteiger partial charge is 0.481 e. The molecule has 0 bridgehead atoms. The lowest BCUT2D eigenvalue weighted by Gasteiger charge is -2.27. The molecule has 0 radical (unpaired) electrons. The summed E-state index contributed by atoms with van der Waals surface area (Å²) in [5.74, 6) is -1.19. The number of nitrogens with zero attached hydrogens (tertiary/aromatic N) is 1. The van der Waals surface area contributed by atoms with E-state index in [2.05, 4.69) is 4.90 Å². The SMILES string of the molecule is Cc1ccc(F)c(C(CC(=O)O)N2CCCC2)c1. The molecule has 0 aromatic heterocycles. The van der Waals surface area contributed by atoms with Crippen LogP contribution in [0.25, 0.3) is 0 Å². The van der Waals surface area contributed by atoms with Crippen LogP contribution in [0.15, 0.2) is 18.2 Å². The molecule has 0 aliphatic carbocycles. The number of rotatable bonds is 4. The molecular weight excluding hydrogens is 233 g/mol. The van der Waals surface area contributed by atoms with Gasteiger partial charge in [-0.15, -0.1) is 0 Å². The van der Waals surface area contributed by atoms with Crippen LogP contribution >= 0.6 is 0 Å². The highest BCUT2D eigenvalue weighted by atomic mass is 19.1. The molecule has 3 nitrogen and oxygen atoms in total. The number of aryl methyl sites for hydroxylation is 1. The zero-order valence-electron chi connectivity index (χ0n) is 10.5. The first-order chi connectivity index (χ1) is 8.58. The fourth-order valence-corrected chi connectivity index (χ4v) is 2.57. The molecule has 1 atom stereocenters. The minimum atomic E-state index is -0.882. The Hall–Kier alpha value is -1.42. The Morgan fingerprint density at radius 1 is 1.44 bits per heavy atom. The molecule has 98 valence electrons. The molecule has 4 heteroatoms. The number of aliphatic carboxylic acids is 1. The van der Waals surface area contributed by atoms with E-state index in [0.717, 1.165) is 31.5 Å². The van der Waals surface area contributed by atoms with E-state index >= 15 is 0 Å². The van der Waals surface area contributed by atoms with Crippen molar-refractivity contribution >= 4 is 5.97 Å². The summed E-state index contributed by atoms with van der Waals surface area (Å²) < 4.78 is 13.9. The number of hydrogen-bond acceptors (Lipinski definition) is 2. The van der Waals surface area contributed by atoms with Crippen LogP contribution in [0.1, 0.15) is 36.4 Å². The average Bonchev–Trinajstić information content (AvgIpc) is 2.82. The number of likely N-dealkylation sites (tertiary alicyclic amines) is 1. The van der Waals surface area contributed by atoms with Crippen LogP contribution in [0.3, 0.4) is 0 Å². The van der Waals surface area contributed by atoms with Gasteiger partial charge in [-0.05, 0) is 38.9 Å². The molecule has 0 amide bonds. The molecular formula is C14H18FNO2. The third-order valence-corrected chi connectivity index (χ3v) is 3.46. The minimum Gasteiger partial charge on any atom is -0.481 e. The minimum absolute atomic E-state index is 0.0413. The topological polar surface area (TPSA) is 40.5 Å². The number of hydrogen-bond donors (Lipinski definition) is 1. The maximum atomic E-state index is 13.9. The van der Waals surface area contributed by atoms with Gasteiger partial charge < -0.3 is 5.11 Å². The fourth-order valence-electron chi connectivity index (χ4n) is 2.57. The normalized spacial score (nSPS) is 17.9. The van der Waals surface area contributed by atoms with Crippen LogP contribution in [-0.2, 0) is 4.79 Å². The van der Waals surface area contributed by atoms with E-state index in [9.17, 15) is 9.18 Å². The Kier molecular flexibility index (Phi) is 3.97. The molecule has 1 heterocycles. The molecule has 1 saturated heterocycles. The molecule has 0 spiro atoms. The molecule has 1 unspecified atom stereocenters. The summed E-state index contributed by atoms with van der Waals surface area (Å²) in [4.78, 5) is 13.1. The van der Waals surface area contributed by atoms with Crippen LogP contribution in [-0.4, -0.2) is 29.1 Å². The van der Waals surface area contributed by atoms with Crippen molar-refractivity contribution in [3.63, 3.8) is 0 Å². The monoisotopic (exact) mass is 251 g/mol. The zero-order chi connectivity index (χ0) is 13.1. The molecule has 1 aliphatic rings. The van der Waals surface area contributed by atoms with E-state index in [1.807, 2.05) is 6.92 Å². The highest BCUT2D eigenvalue weighted by molar-refractivity contribution is 5.68. The Bertz CT molecular complexity index is 441. The molecule has 1 N–H and O–H groups in total. The van der Waals surface area contributed by atoms with Gasteiger partial charge in [-0.2, -0.15) is 0 Å². The van der Waals surface area contributed by atoms with E-state index in [4.69, 9.17) is 5.11 Å². The van der Waals surface area contributed by atoms with Gasteiger partial charge >= 0.3 is 5.97 Å².